The standard InChI is InChI=1S/C34H33NS/c1-5-7-16-34-26(6-2)12-8-9-13-29(25(4)36-34)27-19-22-33-31(23-27)30-14-10-11-15-32(30)35(33)28-20-17-24(3)18-21-28/h7-23H,5-6H2,1-4H3/b12-8?,13-9?,16-7-,29-25?,34-26?. The van der Waals surface area contributed by atoms with Gasteiger partial charge in [0, 0.05) is 26.2 Å². The summed E-state index contributed by atoms with van der Waals surface area (Å²) in [6, 6.07) is 33.4. The lowest BCUT2D eigenvalue weighted by molar-refractivity contribution is 1.14. The molecule has 1 nitrogen and oxygen atoms in total. The third kappa shape index (κ3) is 4.62. The van der Waals surface area contributed by atoms with Gasteiger partial charge in [-0.1, -0.05) is 86.2 Å². The van der Waals surface area contributed by atoms with Gasteiger partial charge in [-0.3, -0.25) is 0 Å². The van der Waals surface area contributed by atoms with Crippen molar-refractivity contribution < 1.29 is 0 Å². The molecule has 5 aromatic rings. The lowest BCUT2D eigenvalue weighted by Crippen LogP contribution is -1.93. The summed E-state index contributed by atoms with van der Waals surface area (Å²) in [5, 5.41) is 2.57. The van der Waals surface area contributed by atoms with Gasteiger partial charge in [-0.25, -0.2) is 0 Å². The molecule has 0 atom stereocenters. The second kappa shape index (κ2) is 10.6. The van der Waals surface area contributed by atoms with Crippen LogP contribution in [-0.4, -0.2) is 4.57 Å². The zero-order valence-corrected chi connectivity index (χ0v) is 22.4. The number of aromatic nitrogens is 1. The quantitative estimate of drug-likeness (QED) is 0.232. The Kier molecular flexibility index (Phi) is 7.06. The van der Waals surface area contributed by atoms with Crippen LogP contribution in [0.2, 0.25) is 0 Å². The molecule has 0 N–H and O–H groups in total. The Morgan fingerprint density at radius 2 is 1.47 bits per heavy atom. The molecule has 2 heterocycles. The average molecular weight is 488 g/mol. The molecule has 0 saturated heterocycles. The molecule has 3 aromatic carbocycles. The third-order valence-corrected chi connectivity index (χ3v) is 7.94. The van der Waals surface area contributed by atoms with Gasteiger partial charge in [0.1, 0.15) is 0 Å². The van der Waals surface area contributed by atoms with Crippen molar-refractivity contribution in [3.05, 3.63) is 118 Å². The topological polar surface area (TPSA) is 4.93 Å². The molecule has 180 valence electrons. The Morgan fingerprint density at radius 3 is 2.25 bits per heavy atom. The predicted molar refractivity (Wildman–Crippen MR) is 160 cm³/mol. The maximum absolute atomic E-state index is 2.38. The number of nitrogens with zero attached hydrogens (tertiary/aromatic N) is 1. The summed E-state index contributed by atoms with van der Waals surface area (Å²) in [6.07, 6.45) is 6.61. The molecule has 0 fully saturated rings. The molecule has 0 bridgehead atoms. The maximum atomic E-state index is 2.38. The monoisotopic (exact) mass is 487 g/mol. The highest BCUT2D eigenvalue weighted by Gasteiger charge is 2.13. The van der Waals surface area contributed by atoms with Crippen molar-refractivity contribution in [2.75, 3.05) is 0 Å². The Balaban J connectivity index is 1.76. The van der Waals surface area contributed by atoms with E-state index in [0.717, 1.165) is 12.8 Å². The highest BCUT2D eigenvalue weighted by atomic mass is 32.1. The number of para-hydroxylation sites is 1. The molecule has 36 heavy (non-hydrogen) atoms. The minimum absolute atomic E-state index is 1.02. The summed E-state index contributed by atoms with van der Waals surface area (Å²) in [6.45, 7) is 8.82. The molecule has 2 aromatic heterocycles. The SMILES string of the molecule is CC/C=C\c1sc(C)c(-c2ccc3c(c2)c2ccccc2n3-c2ccc(C)cc2)ccccc1CC. The van der Waals surface area contributed by atoms with Crippen LogP contribution in [0, 0.1) is 13.8 Å². The van der Waals surface area contributed by atoms with Crippen molar-refractivity contribution >= 4 is 39.2 Å². The van der Waals surface area contributed by atoms with Crippen molar-refractivity contribution in [1.82, 2.24) is 4.57 Å². The third-order valence-electron chi connectivity index (χ3n) is 6.79. The predicted octanol–water partition coefficient (Wildman–Crippen LogP) is 10.2. The molecular weight excluding hydrogens is 454 g/mol. The van der Waals surface area contributed by atoms with Gasteiger partial charge in [0.2, 0.25) is 0 Å². The van der Waals surface area contributed by atoms with E-state index in [-0.39, 0.29) is 0 Å². The molecule has 5 rings (SSSR count). The van der Waals surface area contributed by atoms with Gasteiger partial charge in [-0.15, -0.1) is 11.3 Å². The van der Waals surface area contributed by atoms with Crippen LogP contribution in [0.3, 0.4) is 0 Å². The van der Waals surface area contributed by atoms with Crippen LogP contribution in [0.5, 0.6) is 0 Å². The van der Waals surface area contributed by atoms with Gasteiger partial charge in [0.15, 0.2) is 0 Å². The fraction of sp³-hybridized carbons (Fsp3) is 0.176. The van der Waals surface area contributed by atoms with E-state index in [0.29, 0.717) is 0 Å². The highest BCUT2D eigenvalue weighted by Crippen LogP contribution is 2.36. The van der Waals surface area contributed by atoms with Gasteiger partial charge in [0.05, 0.1) is 11.0 Å². The highest BCUT2D eigenvalue weighted by molar-refractivity contribution is 7.12. The molecule has 2 heteroatoms. The molecule has 0 aliphatic carbocycles. The molecular formula is C34H33NS. The summed E-state index contributed by atoms with van der Waals surface area (Å²) in [7, 11) is 0. The Labute approximate surface area is 218 Å². The molecule has 0 aliphatic heterocycles. The van der Waals surface area contributed by atoms with Gasteiger partial charge >= 0.3 is 0 Å². The molecule has 0 saturated carbocycles. The number of benzene rings is 3. The first-order chi connectivity index (χ1) is 17.6. The summed E-state index contributed by atoms with van der Waals surface area (Å²) < 4.78 is 2.38. The minimum Gasteiger partial charge on any atom is -0.309 e. The number of aryl methyl sites for hydroxylation is 3. The van der Waals surface area contributed by atoms with Crippen LogP contribution in [-0.2, 0) is 6.42 Å². The average Bonchev–Trinajstić information content (AvgIpc) is 3.25. The van der Waals surface area contributed by atoms with Crippen LogP contribution in [0.15, 0.2) is 97.1 Å². The van der Waals surface area contributed by atoms with Crippen LogP contribution >= 0.6 is 11.3 Å². The van der Waals surface area contributed by atoms with E-state index in [9.17, 15) is 0 Å². The number of hydrogen-bond acceptors (Lipinski definition) is 1. The molecule has 0 aliphatic rings. The lowest BCUT2D eigenvalue weighted by atomic mass is 10.0. The number of allylic oxidation sites excluding steroid dienone is 1. The molecule has 0 amide bonds. The molecule has 0 radical (unpaired) electrons. The van der Waals surface area contributed by atoms with Crippen molar-refractivity contribution in [3.8, 4) is 16.8 Å². The second-order valence-corrected chi connectivity index (χ2v) is 10.5. The largest absolute Gasteiger partial charge is 0.309 e. The second-order valence-electron chi connectivity index (χ2n) is 9.26. The number of hydrogen-bond donors (Lipinski definition) is 0. The van der Waals surface area contributed by atoms with Crippen LogP contribution in [0.1, 0.15) is 41.1 Å². The number of rotatable bonds is 5. The van der Waals surface area contributed by atoms with E-state index < -0.39 is 0 Å². The van der Waals surface area contributed by atoms with Gasteiger partial charge in [0.25, 0.3) is 0 Å². The Morgan fingerprint density at radius 1 is 0.750 bits per heavy atom. The maximum Gasteiger partial charge on any atom is 0.0541 e. The molecule has 0 unspecified atom stereocenters. The minimum atomic E-state index is 1.02. The van der Waals surface area contributed by atoms with Gasteiger partial charge in [-0.2, -0.15) is 0 Å². The van der Waals surface area contributed by atoms with Crippen LogP contribution < -0.4 is 0 Å². The first-order valence-corrected chi connectivity index (χ1v) is 13.7. The van der Waals surface area contributed by atoms with Gasteiger partial charge < -0.3 is 4.57 Å². The Hall–Kier alpha value is -3.62. The smallest absolute Gasteiger partial charge is 0.0541 e. The van der Waals surface area contributed by atoms with E-state index in [1.165, 1.54) is 59.5 Å². The fourth-order valence-electron chi connectivity index (χ4n) is 4.88. The summed E-state index contributed by atoms with van der Waals surface area (Å²) in [4.78, 5) is 2.66. The first kappa shape index (κ1) is 24.1. The Bertz CT molecular complexity index is 1610. The van der Waals surface area contributed by atoms with Crippen LogP contribution in [0.25, 0.3) is 44.7 Å². The summed E-state index contributed by atoms with van der Waals surface area (Å²) in [5.41, 5.74) is 8.86. The van der Waals surface area contributed by atoms with E-state index >= 15 is 0 Å². The summed E-state index contributed by atoms with van der Waals surface area (Å²) >= 11 is 1.89. The first-order valence-electron chi connectivity index (χ1n) is 12.8. The molecule has 0 spiro atoms. The summed E-state index contributed by atoms with van der Waals surface area (Å²) in [5.74, 6) is 0. The van der Waals surface area contributed by atoms with Crippen molar-refractivity contribution in [2.45, 2.75) is 40.5 Å². The normalized spacial score (nSPS) is 11.4. The van der Waals surface area contributed by atoms with Gasteiger partial charge in [-0.05, 0) is 79.8 Å². The van der Waals surface area contributed by atoms with Crippen molar-refractivity contribution in [2.24, 2.45) is 0 Å². The zero-order chi connectivity index (χ0) is 25.1. The van der Waals surface area contributed by atoms with E-state index in [2.05, 4.69) is 135 Å². The number of fused-ring (bicyclic) bond motifs is 3. The van der Waals surface area contributed by atoms with Crippen LogP contribution in [0.4, 0.5) is 0 Å². The van der Waals surface area contributed by atoms with E-state index in [1.807, 2.05) is 11.3 Å². The van der Waals surface area contributed by atoms with Crippen molar-refractivity contribution in [3.63, 3.8) is 0 Å². The lowest BCUT2D eigenvalue weighted by Gasteiger charge is -2.09. The van der Waals surface area contributed by atoms with E-state index in [4.69, 9.17) is 0 Å². The fourth-order valence-corrected chi connectivity index (χ4v) is 6.01. The van der Waals surface area contributed by atoms with E-state index in [1.54, 1.807) is 0 Å². The van der Waals surface area contributed by atoms with Crippen molar-refractivity contribution in [1.29, 1.82) is 0 Å². The zero-order valence-electron chi connectivity index (χ0n) is 21.6.